The Hall–Kier alpha value is -0.120. The summed E-state index contributed by atoms with van der Waals surface area (Å²) in [4.78, 5) is 4.91. The number of hydrogen-bond donors (Lipinski definition) is 1. The zero-order valence-electron chi connectivity index (χ0n) is 9.96. The van der Waals surface area contributed by atoms with E-state index in [2.05, 4.69) is 20.8 Å². The third-order valence-corrected chi connectivity index (χ3v) is 2.60. The van der Waals surface area contributed by atoms with Gasteiger partial charge >= 0.3 is 0 Å². The van der Waals surface area contributed by atoms with Crippen LogP contribution < -0.4 is 5.90 Å². The van der Waals surface area contributed by atoms with Crippen LogP contribution in [-0.4, -0.2) is 17.6 Å². The van der Waals surface area contributed by atoms with Crippen LogP contribution in [0.4, 0.5) is 0 Å². The van der Waals surface area contributed by atoms with Crippen LogP contribution >= 0.6 is 0 Å². The normalized spacial score (nSPS) is 13.5. The summed E-state index contributed by atoms with van der Waals surface area (Å²) in [6.45, 7) is 7.49. The summed E-state index contributed by atoms with van der Waals surface area (Å²) in [5.41, 5.74) is 0. The molecule has 0 fully saturated rings. The first-order chi connectivity index (χ1) is 6.79. The Kier molecular flexibility index (Phi) is 9.35. The minimum absolute atomic E-state index is 0.492. The molecule has 0 radical (unpaired) electrons. The summed E-state index contributed by atoms with van der Waals surface area (Å²) in [7, 11) is 0. The summed E-state index contributed by atoms with van der Waals surface area (Å²) in [6.07, 6.45) is 7.25. The minimum atomic E-state index is 0.492. The van der Waals surface area contributed by atoms with Crippen molar-refractivity contribution in [1.29, 1.82) is 0 Å². The number of nitrogens with zero attached hydrogens (tertiary/aromatic N) is 1. The predicted octanol–water partition coefficient (Wildman–Crippen LogP) is 2.86. The average molecular weight is 202 g/mol. The zero-order valence-corrected chi connectivity index (χ0v) is 9.96. The van der Waals surface area contributed by atoms with Crippen LogP contribution in [0.1, 0.15) is 59.3 Å². The summed E-state index contributed by atoms with van der Waals surface area (Å²) in [5.74, 6) is 5.27. The second kappa shape index (κ2) is 9.44. The zero-order chi connectivity index (χ0) is 10.8. The van der Waals surface area contributed by atoms with Gasteiger partial charge in [-0.3, -0.25) is 0 Å². The Bertz CT molecular complexity index is 120. The molecule has 0 amide bonds. The van der Waals surface area contributed by atoms with Crippen LogP contribution in [0.25, 0.3) is 0 Å². The lowest BCUT2D eigenvalue weighted by Gasteiger charge is -2.27. The van der Waals surface area contributed by atoms with Gasteiger partial charge in [-0.1, -0.05) is 40.0 Å². The lowest BCUT2D eigenvalue weighted by Crippen LogP contribution is -2.37. The first-order valence-corrected chi connectivity index (χ1v) is 5.93. The van der Waals surface area contributed by atoms with E-state index in [1.165, 1.54) is 25.7 Å². The van der Waals surface area contributed by atoms with E-state index < -0.39 is 0 Å². The van der Waals surface area contributed by atoms with E-state index in [4.69, 9.17) is 10.8 Å². The maximum Gasteiger partial charge on any atom is 0.0369 e. The fourth-order valence-corrected chi connectivity index (χ4v) is 1.72. The number of rotatable bonds is 9. The molecule has 14 heavy (non-hydrogen) atoms. The smallest absolute Gasteiger partial charge is 0.0369 e. The molecule has 2 N–H and O–H groups in total. The Balaban J connectivity index is 3.81. The van der Waals surface area contributed by atoms with Gasteiger partial charge in [0.05, 0.1) is 0 Å². The van der Waals surface area contributed by atoms with Gasteiger partial charge in [-0.25, -0.2) is 4.94 Å². The van der Waals surface area contributed by atoms with Gasteiger partial charge in [-0.15, -0.1) is 0 Å². The lowest BCUT2D eigenvalue weighted by molar-refractivity contribution is -0.193. The fourth-order valence-electron chi connectivity index (χ4n) is 1.72. The van der Waals surface area contributed by atoms with Crippen LogP contribution in [-0.2, 0) is 4.94 Å². The van der Waals surface area contributed by atoms with E-state index in [0.717, 1.165) is 19.4 Å². The van der Waals surface area contributed by atoms with E-state index in [9.17, 15) is 0 Å². The molecule has 0 aromatic heterocycles. The number of hydrogen-bond acceptors (Lipinski definition) is 3. The largest absolute Gasteiger partial charge is 0.214 e. The molecular weight excluding hydrogens is 176 g/mol. The third kappa shape index (κ3) is 5.58. The van der Waals surface area contributed by atoms with E-state index in [1.807, 2.05) is 5.06 Å². The van der Waals surface area contributed by atoms with Crippen molar-refractivity contribution in [2.45, 2.75) is 65.3 Å². The van der Waals surface area contributed by atoms with Crippen molar-refractivity contribution in [2.24, 2.45) is 5.90 Å². The molecule has 0 heterocycles. The molecule has 3 heteroatoms. The topological polar surface area (TPSA) is 38.5 Å². The maximum atomic E-state index is 5.27. The molecular formula is C11H26N2O. The lowest BCUT2D eigenvalue weighted by atomic mass is 10.1. The van der Waals surface area contributed by atoms with Crippen molar-refractivity contribution >= 4 is 0 Å². The highest BCUT2D eigenvalue weighted by molar-refractivity contribution is 4.63. The van der Waals surface area contributed by atoms with Gasteiger partial charge in [0.25, 0.3) is 0 Å². The van der Waals surface area contributed by atoms with Gasteiger partial charge in [-0.05, 0) is 19.3 Å². The molecule has 0 bridgehead atoms. The van der Waals surface area contributed by atoms with Crippen molar-refractivity contribution in [2.75, 3.05) is 6.54 Å². The average Bonchev–Trinajstić information content (AvgIpc) is 2.22. The van der Waals surface area contributed by atoms with E-state index in [1.54, 1.807) is 0 Å². The highest BCUT2D eigenvalue weighted by atomic mass is 16.8. The molecule has 0 aliphatic heterocycles. The molecule has 0 aromatic carbocycles. The number of unbranched alkanes of at least 4 members (excludes halogenated alkanes) is 2. The van der Waals surface area contributed by atoms with Crippen molar-refractivity contribution in [3.8, 4) is 0 Å². The molecule has 0 saturated heterocycles. The first kappa shape index (κ1) is 13.9. The predicted molar refractivity (Wildman–Crippen MR) is 60.5 cm³/mol. The second-order valence-corrected chi connectivity index (χ2v) is 3.80. The number of nitrogens with two attached hydrogens (primary N) is 1. The van der Waals surface area contributed by atoms with E-state index in [-0.39, 0.29) is 0 Å². The van der Waals surface area contributed by atoms with Crippen LogP contribution in [0.5, 0.6) is 0 Å². The number of hydroxylamine groups is 2. The van der Waals surface area contributed by atoms with Crippen LogP contribution in [0.2, 0.25) is 0 Å². The van der Waals surface area contributed by atoms with Gasteiger partial charge in [-0.2, -0.15) is 11.0 Å². The van der Waals surface area contributed by atoms with Crippen molar-refractivity contribution in [3.05, 3.63) is 0 Å². The summed E-state index contributed by atoms with van der Waals surface area (Å²) in [5, 5.41) is 1.93. The first-order valence-electron chi connectivity index (χ1n) is 5.93. The Morgan fingerprint density at radius 1 is 1.14 bits per heavy atom. The van der Waals surface area contributed by atoms with Gasteiger partial charge < -0.3 is 0 Å². The second-order valence-electron chi connectivity index (χ2n) is 3.80. The molecule has 1 unspecified atom stereocenters. The fraction of sp³-hybridized carbons (Fsp3) is 1.00. The van der Waals surface area contributed by atoms with Crippen molar-refractivity contribution in [1.82, 2.24) is 5.06 Å². The van der Waals surface area contributed by atoms with Gasteiger partial charge in [0, 0.05) is 12.6 Å². The van der Waals surface area contributed by atoms with Gasteiger partial charge in [0.15, 0.2) is 0 Å². The third-order valence-electron chi connectivity index (χ3n) is 2.60. The van der Waals surface area contributed by atoms with Gasteiger partial charge in [0.2, 0.25) is 0 Å². The molecule has 0 spiro atoms. The van der Waals surface area contributed by atoms with Crippen LogP contribution in [0.3, 0.4) is 0 Å². The maximum absolute atomic E-state index is 5.27. The summed E-state index contributed by atoms with van der Waals surface area (Å²) in [6, 6.07) is 0.492. The highest BCUT2D eigenvalue weighted by Crippen LogP contribution is 2.13. The standard InChI is InChI=1S/C11H26N2O/c1-4-7-8-9-11(6-3)13(14-12)10-5-2/h11H,4-10,12H2,1-3H3. The summed E-state index contributed by atoms with van der Waals surface area (Å²) < 4.78 is 0. The Morgan fingerprint density at radius 3 is 2.29 bits per heavy atom. The molecule has 0 rings (SSSR count). The van der Waals surface area contributed by atoms with Gasteiger partial charge in [0.1, 0.15) is 0 Å². The van der Waals surface area contributed by atoms with E-state index >= 15 is 0 Å². The molecule has 0 aliphatic rings. The molecule has 1 atom stereocenters. The molecule has 0 aliphatic carbocycles. The Labute approximate surface area is 88.5 Å². The quantitative estimate of drug-likeness (QED) is 0.461. The van der Waals surface area contributed by atoms with Crippen LogP contribution in [0.15, 0.2) is 0 Å². The molecule has 86 valence electrons. The SMILES string of the molecule is CCCCCC(CC)N(CCC)ON. The molecule has 3 nitrogen and oxygen atoms in total. The van der Waals surface area contributed by atoms with Crippen LogP contribution in [0, 0.1) is 0 Å². The minimum Gasteiger partial charge on any atom is -0.214 e. The molecule has 0 aromatic rings. The van der Waals surface area contributed by atoms with Crippen molar-refractivity contribution in [3.63, 3.8) is 0 Å². The monoisotopic (exact) mass is 202 g/mol. The highest BCUT2D eigenvalue weighted by Gasteiger charge is 2.15. The summed E-state index contributed by atoms with van der Waals surface area (Å²) >= 11 is 0. The Morgan fingerprint density at radius 2 is 1.86 bits per heavy atom. The van der Waals surface area contributed by atoms with Crippen molar-refractivity contribution < 1.29 is 4.94 Å². The molecule has 0 saturated carbocycles. The van der Waals surface area contributed by atoms with E-state index in [0.29, 0.717) is 6.04 Å².